The second-order valence-corrected chi connectivity index (χ2v) is 4.94. The highest BCUT2D eigenvalue weighted by molar-refractivity contribution is 5.78. The van der Waals surface area contributed by atoms with Crippen LogP contribution in [0.15, 0.2) is 54.6 Å². The average molecular weight is 287 g/mol. The van der Waals surface area contributed by atoms with E-state index >= 15 is 0 Å². The van der Waals surface area contributed by atoms with E-state index in [1.165, 1.54) is 12.1 Å². The zero-order valence-electron chi connectivity index (χ0n) is 11.6. The van der Waals surface area contributed by atoms with Crippen molar-refractivity contribution in [2.24, 2.45) is 0 Å². The molecule has 0 spiro atoms. The lowest BCUT2D eigenvalue weighted by atomic mass is 10.1. The Morgan fingerprint density at radius 2 is 1.71 bits per heavy atom. The lowest BCUT2D eigenvalue weighted by molar-refractivity contribution is -0.121. The van der Waals surface area contributed by atoms with Crippen molar-refractivity contribution in [3.63, 3.8) is 0 Å². The van der Waals surface area contributed by atoms with Gasteiger partial charge in [0, 0.05) is 0 Å². The van der Waals surface area contributed by atoms with Crippen molar-refractivity contribution < 1.29 is 14.3 Å². The van der Waals surface area contributed by atoms with Crippen LogP contribution in [-0.2, 0) is 17.6 Å². The monoisotopic (exact) mass is 287 g/mol. The van der Waals surface area contributed by atoms with E-state index in [0.717, 1.165) is 11.1 Å². The first-order valence-electron chi connectivity index (χ1n) is 6.86. The zero-order valence-corrected chi connectivity index (χ0v) is 11.6. The van der Waals surface area contributed by atoms with Crippen LogP contribution in [0.2, 0.25) is 0 Å². The summed E-state index contributed by atoms with van der Waals surface area (Å²) in [5.74, 6) is -0.506. The molecule has 4 heteroatoms. The summed E-state index contributed by atoms with van der Waals surface area (Å²) in [6.07, 6.45) is 0.748. The highest BCUT2D eigenvalue weighted by atomic mass is 19.1. The molecule has 2 aromatic carbocycles. The third-order valence-electron chi connectivity index (χ3n) is 3.19. The van der Waals surface area contributed by atoms with E-state index in [1.54, 1.807) is 12.1 Å². The quantitative estimate of drug-likeness (QED) is 0.854. The molecule has 0 heterocycles. The predicted octanol–water partition coefficient (Wildman–Crippen LogP) is 2.09. The van der Waals surface area contributed by atoms with Crippen LogP contribution in [-0.4, -0.2) is 23.7 Å². The van der Waals surface area contributed by atoms with Crippen LogP contribution in [0.1, 0.15) is 11.1 Å². The van der Waals surface area contributed by atoms with E-state index < -0.39 is 0 Å². The lowest BCUT2D eigenvalue weighted by Gasteiger charge is -2.16. The second kappa shape index (κ2) is 7.55. The SMILES string of the molecule is O=C(Cc1ccc(F)cc1)NC(CO)Cc1ccccc1. The Balaban J connectivity index is 1.89. The average Bonchev–Trinajstić information content (AvgIpc) is 2.50. The molecule has 0 bridgehead atoms. The third-order valence-corrected chi connectivity index (χ3v) is 3.19. The van der Waals surface area contributed by atoms with Crippen molar-refractivity contribution in [2.75, 3.05) is 6.61 Å². The first-order valence-corrected chi connectivity index (χ1v) is 6.86. The van der Waals surface area contributed by atoms with Gasteiger partial charge >= 0.3 is 0 Å². The molecule has 21 heavy (non-hydrogen) atoms. The van der Waals surface area contributed by atoms with Gasteiger partial charge < -0.3 is 10.4 Å². The van der Waals surface area contributed by atoms with Gasteiger partial charge in [-0.2, -0.15) is 0 Å². The molecule has 0 aromatic heterocycles. The topological polar surface area (TPSA) is 49.3 Å². The lowest BCUT2D eigenvalue weighted by Crippen LogP contribution is -2.39. The van der Waals surface area contributed by atoms with Crippen LogP contribution in [0.3, 0.4) is 0 Å². The Morgan fingerprint density at radius 3 is 2.33 bits per heavy atom. The Bertz CT molecular complexity index is 569. The fourth-order valence-corrected chi connectivity index (χ4v) is 2.13. The molecular formula is C17H18FNO2. The van der Waals surface area contributed by atoms with Gasteiger partial charge in [-0.3, -0.25) is 4.79 Å². The molecule has 1 unspecified atom stereocenters. The molecule has 1 amide bonds. The van der Waals surface area contributed by atoms with Crippen LogP contribution in [0.4, 0.5) is 4.39 Å². The van der Waals surface area contributed by atoms with Crippen molar-refractivity contribution >= 4 is 5.91 Å². The molecule has 110 valence electrons. The summed E-state index contributed by atoms with van der Waals surface area (Å²) in [5, 5.41) is 12.2. The number of halogens is 1. The van der Waals surface area contributed by atoms with E-state index in [-0.39, 0.29) is 30.8 Å². The molecule has 0 aliphatic rings. The Hall–Kier alpha value is -2.20. The highest BCUT2D eigenvalue weighted by Crippen LogP contribution is 2.05. The van der Waals surface area contributed by atoms with Crippen LogP contribution in [0.5, 0.6) is 0 Å². The molecule has 3 nitrogen and oxygen atoms in total. The van der Waals surface area contributed by atoms with Gasteiger partial charge in [0.05, 0.1) is 19.1 Å². The maximum Gasteiger partial charge on any atom is 0.224 e. The highest BCUT2D eigenvalue weighted by Gasteiger charge is 2.12. The molecule has 2 N–H and O–H groups in total. The number of carbonyl (C=O) groups is 1. The molecule has 1 atom stereocenters. The summed E-state index contributed by atoms with van der Waals surface area (Å²) in [6.45, 7) is -0.121. The minimum atomic E-state index is -0.323. The maximum absolute atomic E-state index is 12.8. The second-order valence-electron chi connectivity index (χ2n) is 4.94. The summed E-state index contributed by atoms with van der Waals surface area (Å²) in [5.41, 5.74) is 1.80. The molecule has 0 fully saturated rings. The normalized spacial score (nSPS) is 11.9. The van der Waals surface area contributed by atoms with E-state index in [4.69, 9.17) is 0 Å². The Kier molecular flexibility index (Phi) is 5.46. The number of nitrogens with one attached hydrogen (secondary N) is 1. The van der Waals surface area contributed by atoms with Crippen molar-refractivity contribution in [1.29, 1.82) is 0 Å². The van der Waals surface area contributed by atoms with Gasteiger partial charge in [-0.25, -0.2) is 4.39 Å². The van der Waals surface area contributed by atoms with E-state index in [0.29, 0.717) is 6.42 Å². The van der Waals surface area contributed by atoms with Crippen LogP contribution < -0.4 is 5.32 Å². The molecule has 0 saturated carbocycles. The summed E-state index contributed by atoms with van der Waals surface area (Å²) in [7, 11) is 0. The fourth-order valence-electron chi connectivity index (χ4n) is 2.13. The Morgan fingerprint density at radius 1 is 1.05 bits per heavy atom. The number of carbonyl (C=O) groups excluding carboxylic acids is 1. The number of aliphatic hydroxyl groups is 1. The van der Waals surface area contributed by atoms with Gasteiger partial charge in [0.2, 0.25) is 5.91 Å². The largest absolute Gasteiger partial charge is 0.394 e. The summed E-state index contributed by atoms with van der Waals surface area (Å²) >= 11 is 0. The zero-order chi connectivity index (χ0) is 15.1. The van der Waals surface area contributed by atoms with Crippen molar-refractivity contribution in [1.82, 2.24) is 5.32 Å². The number of aliphatic hydroxyl groups excluding tert-OH is 1. The summed E-state index contributed by atoms with van der Waals surface area (Å²) in [6, 6.07) is 15.2. The Labute approximate surface area is 123 Å². The van der Waals surface area contributed by atoms with Gasteiger partial charge in [-0.1, -0.05) is 42.5 Å². The minimum absolute atomic E-state index is 0.121. The fraction of sp³-hybridized carbons (Fsp3) is 0.235. The third kappa shape index (κ3) is 5.00. The van der Waals surface area contributed by atoms with Crippen molar-refractivity contribution in [3.05, 3.63) is 71.5 Å². The minimum Gasteiger partial charge on any atom is -0.394 e. The number of hydrogen-bond donors (Lipinski definition) is 2. The van der Waals surface area contributed by atoms with Crippen LogP contribution in [0, 0.1) is 5.82 Å². The number of amides is 1. The molecule has 2 aromatic rings. The number of hydrogen-bond acceptors (Lipinski definition) is 2. The molecule has 2 rings (SSSR count). The van der Waals surface area contributed by atoms with Crippen LogP contribution in [0.25, 0.3) is 0 Å². The van der Waals surface area contributed by atoms with Gasteiger partial charge in [0.25, 0.3) is 0 Å². The molecule has 0 radical (unpaired) electrons. The van der Waals surface area contributed by atoms with Gasteiger partial charge in [0.1, 0.15) is 5.82 Å². The predicted molar refractivity (Wildman–Crippen MR) is 79.3 cm³/mol. The van der Waals surface area contributed by atoms with Gasteiger partial charge in [0.15, 0.2) is 0 Å². The summed E-state index contributed by atoms with van der Waals surface area (Å²) in [4.78, 5) is 11.9. The van der Waals surface area contributed by atoms with Crippen molar-refractivity contribution in [3.8, 4) is 0 Å². The summed E-state index contributed by atoms with van der Waals surface area (Å²) < 4.78 is 12.8. The first kappa shape index (κ1) is 15.2. The van der Waals surface area contributed by atoms with Crippen LogP contribution >= 0.6 is 0 Å². The molecule has 0 aliphatic heterocycles. The molecular weight excluding hydrogens is 269 g/mol. The number of rotatable bonds is 6. The van der Waals surface area contributed by atoms with E-state index in [9.17, 15) is 14.3 Å². The molecule has 0 aliphatic carbocycles. The first-order chi connectivity index (χ1) is 10.2. The smallest absolute Gasteiger partial charge is 0.224 e. The van der Waals surface area contributed by atoms with Gasteiger partial charge in [-0.15, -0.1) is 0 Å². The van der Waals surface area contributed by atoms with E-state index in [2.05, 4.69) is 5.32 Å². The maximum atomic E-state index is 12.8. The van der Waals surface area contributed by atoms with Crippen molar-refractivity contribution in [2.45, 2.75) is 18.9 Å². The number of benzene rings is 2. The van der Waals surface area contributed by atoms with E-state index in [1.807, 2.05) is 30.3 Å². The standard InChI is InChI=1S/C17H18FNO2/c18-15-8-6-14(7-9-15)11-17(21)19-16(12-20)10-13-4-2-1-3-5-13/h1-9,16,20H,10-12H2,(H,19,21). The van der Waals surface area contributed by atoms with Gasteiger partial charge in [-0.05, 0) is 29.7 Å². The molecule has 0 saturated heterocycles.